The molecule has 96 valence electrons. The van der Waals surface area contributed by atoms with Crippen LogP contribution in [0.5, 0.6) is 0 Å². The van der Waals surface area contributed by atoms with Crippen molar-refractivity contribution in [3.63, 3.8) is 0 Å². The Morgan fingerprint density at radius 3 is 2.28 bits per heavy atom. The molecule has 0 N–H and O–H groups in total. The van der Waals surface area contributed by atoms with Gasteiger partial charge in [-0.15, -0.1) is 0 Å². The van der Waals surface area contributed by atoms with E-state index in [0.29, 0.717) is 22.4 Å². The van der Waals surface area contributed by atoms with Crippen molar-refractivity contribution in [2.24, 2.45) is 0 Å². The molecule has 0 aliphatic heterocycles. The summed E-state index contributed by atoms with van der Waals surface area (Å²) in [5, 5.41) is 12.1. The first-order valence-electron chi connectivity index (χ1n) is 6.29. The predicted molar refractivity (Wildman–Crippen MR) is 72.3 cm³/mol. The van der Waals surface area contributed by atoms with Crippen molar-refractivity contribution in [1.29, 1.82) is 0 Å². The van der Waals surface area contributed by atoms with E-state index in [4.69, 9.17) is 0 Å². The van der Waals surface area contributed by atoms with Crippen LogP contribution in [-0.2, 0) is 12.8 Å². The summed E-state index contributed by atoms with van der Waals surface area (Å²) in [6.07, 6.45) is 1.73. The highest BCUT2D eigenvalue weighted by atomic mass is 16.5. The maximum atomic E-state index is 12.1. The van der Waals surface area contributed by atoms with Crippen LogP contribution in [0.4, 0.5) is 0 Å². The first-order valence-corrected chi connectivity index (χ1v) is 6.29. The van der Waals surface area contributed by atoms with Crippen LogP contribution < -0.4 is 4.43 Å². The third-order valence-corrected chi connectivity index (χ3v) is 3.63. The maximum absolute atomic E-state index is 12.1. The molecule has 1 aromatic heterocycles. The van der Waals surface area contributed by atoms with Crippen molar-refractivity contribution in [2.75, 3.05) is 0 Å². The molecule has 0 amide bonds. The van der Waals surface area contributed by atoms with Gasteiger partial charge in [-0.2, -0.15) is 0 Å². The highest BCUT2D eigenvalue weighted by Gasteiger charge is 2.17. The van der Waals surface area contributed by atoms with Crippen LogP contribution in [-0.4, -0.2) is 4.73 Å². The number of aryl methyl sites for hydroxylation is 2. The SMILES string of the molecule is CCc1cc2c(cc1CC)[n+](=O)c(C)c(C)n2[O-]. The third-order valence-electron chi connectivity index (χ3n) is 3.63. The second-order valence-corrected chi connectivity index (χ2v) is 4.58. The van der Waals surface area contributed by atoms with E-state index in [-0.39, 0.29) is 0 Å². The molecule has 0 unspecified atom stereocenters. The van der Waals surface area contributed by atoms with Crippen LogP contribution in [0, 0.1) is 24.0 Å². The van der Waals surface area contributed by atoms with Crippen molar-refractivity contribution in [1.82, 2.24) is 4.73 Å². The molecule has 1 aromatic carbocycles. The second-order valence-electron chi connectivity index (χ2n) is 4.58. The Labute approximate surface area is 106 Å². The lowest BCUT2D eigenvalue weighted by molar-refractivity contribution is -0.473. The molecule has 4 heteroatoms. The molecule has 18 heavy (non-hydrogen) atoms. The second kappa shape index (κ2) is 4.44. The molecule has 0 fully saturated rings. The van der Waals surface area contributed by atoms with E-state index in [1.54, 1.807) is 13.8 Å². The van der Waals surface area contributed by atoms with E-state index in [0.717, 1.165) is 33.1 Å². The number of rotatable bonds is 2. The smallest absolute Gasteiger partial charge is 0.286 e. The number of fused-ring (bicyclic) bond motifs is 1. The van der Waals surface area contributed by atoms with Gasteiger partial charge in [0.25, 0.3) is 11.2 Å². The van der Waals surface area contributed by atoms with Gasteiger partial charge in [-0.05, 0) is 37.0 Å². The van der Waals surface area contributed by atoms with Gasteiger partial charge in [0.15, 0.2) is 0 Å². The van der Waals surface area contributed by atoms with Gasteiger partial charge in [-0.25, -0.2) is 0 Å². The monoisotopic (exact) mass is 246 g/mol. The zero-order valence-electron chi connectivity index (χ0n) is 11.3. The summed E-state index contributed by atoms with van der Waals surface area (Å²) in [7, 11) is 0. The number of benzene rings is 1. The Morgan fingerprint density at radius 1 is 1.17 bits per heavy atom. The molecule has 2 rings (SSSR count). The molecule has 0 bridgehead atoms. The van der Waals surface area contributed by atoms with Crippen LogP contribution in [0.1, 0.15) is 36.4 Å². The predicted octanol–water partition coefficient (Wildman–Crippen LogP) is 2.64. The molecule has 0 spiro atoms. The minimum atomic E-state index is 0.460. The zero-order valence-corrected chi connectivity index (χ0v) is 11.3. The Bertz CT molecular complexity index is 672. The van der Waals surface area contributed by atoms with Crippen molar-refractivity contribution >= 4 is 11.0 Å². The molecule has 1 heterocycles. The fraction of sp³-hybridized carbons (Fsp3) is 0.429. The summed E-state index contributed by atoms with van der Waals surface area (Å²) >= 11 is 0. The van der Waals surface area contributed by atoms with E-state index < -0.39 is 0 Å². The summed E-state index contributed by atoms with van der Waals surface area (Å²) in [4.78, 5) is 12.1. The van der Waals surface area contributed by atoms with Gasteiger partial charge in [-0.3, -0.25) is 0 Å². The molecule has 0 saturated heterocycles. The number of hydrogen-bond donors (Lipinski definition) is 0. The minimum Gasteiger partial charge on any atom is -0.805 e. The van der Waals surface area contributed by atoms with E-state index in [1.165, 1.54) is 0 Å². The molecular weight excluding hydrogens is 228 g/mol. The highest BCUT2D eigenvalue weighted by molar-refractivity contribution is 5.75. The van der Waals surface area contributed by atoms with E-state index in [9.17, 15) is 10.1 Å². The Kier molecular flexibility index (Phi) is 3.11. The van der Waals surface area contributed by atoms with E-state index in [2.05, 4.69) is 13.8 Å². The summed E-state index contributed by atoms with van der Waals surface area (Å²) in [5.74, 6) is 0. The van der Waals surface area contributed by atoms with Gasteiger partial charge in [-0.1, -0.05) is 13.8 Å². The number of nitrogens with zero attached hydrogens (tertiary/aromatic N) is 2. The number of aromatic nitrogens is 2. The Hall–Kier alpha value is -1.84. The van der Waals surface area contributed by atoms with Gasteiger partial charge in [0.05, 0.1) is 10.1 Å². The van der Waals surface area contributed by atoms with Crippen LogP contribution in [0.25, 0.3) is 11.0 Å². The fourth-order valence-corrected chi connectivity index (χ4v) is 2.30. The number of hydrogen-bond acceptors (Lipinski definition) is 2. The third kappa shape index (κ3) is 1.68. The summed E-state index contributed by atoms with van der Waals surface area (Å²) in [6, 6.07) is 3.70. The molecule has 0 radical (unpaired) electrons. The van der Waals surface area contributed by atoms with Crippen molar-refractivity contribution in [2.45, 2.75) is 40.5 Å². The van der Waals surface area contributed by atoms with Crippen LogP contribution in [0.15, 0.2) is 12.1 Å². The van der Waals surface area contributed by atoms with E-state index >= 15 is 0 Å². The largest absolute Gasteiger partial charge is 0.805 e. The minimum absolute atomic E-state index is 0.460. The van der Waals surface area contributed by atoms with Gasteiger partial charge in [0.1, 0.15) is 5.52 Å². The molecule has 0 aliphatic rings. The zero-order chi connectivity index (χ0) is 13.4. The van der Waals surface area contributed by atoms with E-state index in [1.807, 2.05) is 12.1 Å². The van der Waals surface area contributed by atoms with Gasteiger partial charge >= 0.3 is 0 Å². The van der Waals surface area contributed by atoms with Gasteiger partial charge in [0, 0.05) is 17.9 Å². The summed E-state index contributed by atoms with van der Waals surface area (Å²) in [6.45, 7) is 7.47. The highest BCUT2D eigenvalue weighted by Crippen LogP contribution is 2.20. The van der Waals surface area contributed by atoms with Crippen molar-refractivity contribution in [3.05, 3.63) is 44.8 Å². The molecular formula is C14H18N2O2. The van der Waals surface area contributed by atoms with Crippen LogP contribution >= 0.6 is 0 Å². The van der Waals surface area contributed by atoms with Crippen molar-refractivity contribution in [3.8, 4) is 0 Å². The van der Waals surface area contributed by atoms with Crippen LogP contribution in [0.2, 0.25) is 0 Å². The average Bonchev–Trinajstić information content (AvgIpc) is 2.41. The lowest BCUT2D eigenvalue weighted by atomic mass is 10.0. The Morgan fingerprint density at radius 2 is 1.72 bits per heavy atom. The van der Waals surface area contributed by atoms with Crippen molar-refractivity contribution < 1.29 is 4.43 Å². The molecule has 2 aromatic rings. The summed E-state index contributed by atoms with van der Waals surface area (Å²) in [5.41, 5.74) is 4.12. The van der Waals surface area contributed by atoms with Crippen LogP contribution in [0.3, 0.4) is 0 Å². The molecule has 0 atom stereocenters. The normalized spacial score (nSPS) is 11.1. The fourth-order valence-electron chi connectivity index (χ4n) is 2.30. The molecule has 0 aliphatic carbocycles. The maximum Gasteiger partial charge on any atom is 0.286 e. The average molecular weight is 246 g/mol. The quantitative estimate of drug-likeness (QED) is 0.765. The Balaban J connectivity index is 2.98. The molecule has 4 nitrogen and oxygen atoms in total. The van der Waals surface area contributed by atoms with Gasteiger partial charge in [0.2, 0.25) is 0 Å². The first-order chi connectivity index (χ1) is 8.51. The molecule has 0 saturated carbocycles. The standard InChI is InChI=1S/C14H18N2O2/c1-5-11-7-13-14(8-12(11)6-2)16(18)10(4)9(3)15(13)17/h7-8H,5-6H2,1-4H3. The lowest BCUT2D eigenvalue weighted by Gasteiger charge is -2.17. The lowest BCUT2D eigenvalue weighted by Crippen LogP contribution is -2.24. The topological polar surface area (TPSA) is 51.0 Å². The van der Waals surface area contributed by atoms with Gasteiger partial charge < -0.3 is 9.94 Å². The first kappa shape index (κ1) is 12.6. The summed E-state index contributed by atoms with van der Waals surface area (Å²) < 4.78 is 1.72.